The Labute approximate surface area is 114 Å². The van der Waals surface area contributed by atoms with Gasteiger partial charge in [-0.2, -0.15) is 0 Å². The molecular formula is C12H11ClN2O4. The maximum absolute atomic E-state index is 11.6. The van der Waals surface area contributed by atoms with Gasteiger partial charge in [-0.1, -0.05) is 11.6 Å². The Morgan fingerprint density at radius 2 is 1.95 bits per heavy atom. The van der Waals surface area contributed by atoms with Crippen LogP contribution in [0.5, 0.6) is 0 Å². The van der Waals surface area contributed by atoms with Crippen LogP contribution in [0.25, 0.3) is 0 Å². The summed E-state index contributed by atoms with van der Waals surface area (Å²) in [6.45, 7) is 2.95. The fourth-order valence-electron chi connectivity index (χ4n) is 1.41. The van der Waals surface area contributed by atoms with Gasteiger partial charge in [0, 0.05) is 26.2 Å². The van der Waals surface area contributed by atoms with Gasteiger partial charge in [0.2, 0.25) is 0 Å². The van der Waals surface area contributed by atoms with Crippen LogP contribution in [0.4, 0.5) is 5.82 Å². The van der Waals surface area contributed by atoms with Crippen molar-refractivity contribution in [3.05, 3.63) is 35.1 Å². The molecule has 1 aliphatic rings. The molecule has 1 aliphatic heterocycles. The number of nitrogens with zero attached hydrogens (tertiary/aromatic N) is 1. The number of hydrogen-bond acceptors (Lipinski definition) is 6. The van der Waals surface area contributed by atoms with Gasteiger partial charge in [0.15, 0.2) is 5.57 Å². The molecule has 0 amide bonds. The smallest absolute Gasteiger partial charge is 0.350 e. The zero-order chi connectivity index (χ0) is 14.0. The van der Waals surface area contributed by atoms with Crippen molar-refractivity contribution in [3.8, 4) is 0 Å². The van der Waals surface area contributed by atoms with Crippen LogP contribution in [0, 0.1) is 0 Å². The second-order valence-corrected chi connectivity index (χ2v) is 4.62. The first-order chi connectivity index (χ1) is 8.89. The van der Waals surface area contributed by atoms with E-state index in [-0.39, 0.29) is 5.57 Å². The molecule has 19 heavy (non-hydrogen) atoms. The van der Waals surface area contributed by atoms with Crippen molar-refractivity contribution in [2.24, 2.45) is 0 Å². The molecular weight excluding hydrogens is 272 g/mol. The van der Waals surface area contributed by atoms with E-state index < -0.39 is 17.7 Å². The second-order valence-electron chi connectivity index (χ2n) is 4.22. The molecule has 0 spiro atoms. The van der Waals surface area contributed by atoms with Crippen LogP contribution in [0.1, 0.15) is 13.8 Å². The number of halogens is 1. The third-order valence-electron chi connectivity index (χ3n) is 2.23. The number of ether oxygens (including phenoxy) is 2. The van der Waals surface area contributed by atoms with Crippen molar-refractivity contribution in [1.29, 1.82) is 0 Å². The average Bonchev–Trinajstić information content (AvgIpc) is 2.28. The van der Waals surface area contributed by atoms with Gasteiger partial charge in [0.05, 0.1) is 5.02 Å². The largest absolute Gasteiger partial charge is 0.419 e. The molecule has 2 heterocycles. The molecule has 0 radical (unpaired) electrons. The molecule has 7 heteroatoms. The van der Waals surface area contributed by atoms with Crippen LogP contribution in [-0.2, 0) is 19.1 Å². The Hall–Kier alpha value is -2.08. The van der Waals surface area contributed by atoms with Crippen molar-refractivity contribution in [2.45, 2.75) is 19.6 Å². The van der Waals surface area contributed by atoms with E-state index in [1.165, 1.54) is 20.0 Å². The molecule has 1 fully saturated rings. The lowest BCUT2D eigenvalue weighted by molar-refractivity contribution is -0.222. The summed E-state index contributed by atoms with van der Waals surface area (Å²) in [5, 5.41) is 3.02. The van der Waals surface area contributed by atoms with E-state index in [0.29, 0.717) is 10.8 Å². The highest BCUT2D eigenvalue weighted by Crippen LogP contribution is 2.23. The minimum atomic E-state index is -1.26. The number of rotatable bonds is 2. The van der Waals surface area contributed by atoms with Crippen LogP contribution in [0.3, 0.4) is 0 Å². The standard InChI is InChI=1S/C12H11ClN2O4/c1-12(2)18-10(16)7(11(17)19-12)6-15-9-8(13)4-3-5-14-9/h3-6H,1-2H3,(H,14,15). The predicted molar refractivity (Wildman–Crippen MR) is 67.2 cm³/mol. The number of hydrogen-bond donors (Lipinski definition) is 1. The number of esters is 2. The molecule has 1 N–H and O–H groups in total. The van der Waals surface area contributed by atoms with Crippen molar-refractivity contribution in [2.75, 3.05) is 5.32 Å². The number of carbonyl (C=O) groups is 2. The molecule has 1 saturated heterocycles. The SMILES string of the molecule is CC1(C)OC(=O)C(=CNc2ncccc2Cl)C(=O)O1. The lowest BCUT2D eigenvalue weighted by Gasteiger charge is -2.29. The second kappa shape index (κ2) is 4.89. The van der Waals surface area contributed by atoms with Gasteiger partial charge in [0.1, 0.15) is 5.82 Å². The van der Waals surface area contributed by atoms with Crippen molar-refractivity contribution >= 4 is 29.4 Å². The molecule has 0 unspecified atom stereocenters. The van der Waals surface area contributed by atoms with Crippen LogP contribution in [0.15, 0.2) is 30.1 Å². The molecule has 6 nitrogen and oxygen atoms in total. The maximum Gasteiger partial charge on any atom is 0.350 e. The number of cyclic esters (lactones) is 2. The molecule has 1 aromatic rings. The summed E-state index contributed by atoms with van der Waals surface area (Å²) in [5.74, 6) is -2.46. The summed E-state index contributed by atoms with van der Waals surface area (Å²) in [7, 11) is 0. The van der Waals surface area contributed by atoms with E-state index in [0.717, 1.165) is 6.20 Å². The Morgan fingerprint density at radius 3 is 2.53 bits per heavy atom. The van der Waals surface area contributed by atoms with Crippen molar-refractivity contribution in [1.82, 2.24) is 4.98 Å². The number of pyridine rings is 1. The Bertz CT molecular complexity index is 547. The van der Waals surface area contributed by atoms with Crippen LogP contribution in [0.2, 0.25) is 5.02 Å². The molecule has 0 aromatic carbocycles. The van der Waals surface area contributed by atoms with E-state index in [1.807, 2.05) is 0 Å². The highest BCUT2D eigenvalue weighted by atomic mass is 35.5. The van der Waals surface area contributed by atoms with E-state index in [4.69, 9.17) is 21.1 Å². The van der Waals surface area contributed by atoms with Crippen molar-refractivity contribution in [3.63, 3.8) is 0 Å². The topological polar surface area (TPSA) is 77.5 Å². The van der Waals surface area contributed by atoms with Crippen LogP contribution >= 0.6 is 11.6 Å². The van der Waals surface area contributed by atoms with E-state index in [2.05, 4.69) is 10.3 Å². The van der Waals surface area contributed by atoms with Crippen LogP contribution < -0.4 is 5.32 Å². The van der Waals surface area contributed by atoms with Gasteiger partial charge in [0.25, 0.3) is 5.79 Å². The zero-order valence-electron chi connectivity index (χ0n) is 10.3. The summed E-state index contributed by atoms with van der Waals surface area (Å²) in [5.41, 5.74) is -0.249. The molecule has 0 atom stereocenters. The Kier molecular flexibility index (Phi) is 3.44. The summed E-state index contributed by atoms with van der Waals surface area (Å²) < 4.78 is 9.86. The van der Waals surface area contributed by atoms with Gasteiger partial charge >= 0.3 is 11.9 Å². The predicted octanol–water partition coefficient (Wildman–Crippen LogP) is 1.87. The maximum atomic E-state index is 11.6. The highest BCUT2D eigenvalue weighted by Gasteiger charge is 2.38. The number of aromatic nitrogens is 1. The van der Waals surface area contributed by atoms with E-state index >= 15 is 0 Å². The quantitative estimate of drug-likeness (QED) is 0.507. The molecule has 1 aromatic heterocycles. The summed E-state index contributed by atoms with van der Waals surface area (Å²) in [6.07, 6.45) is 2.68. The normalized spacial score (nSPS) is 17.5. The zero-order valence-corrected chi connectivity index (χ0v) is 11.0. The first-order valence-corrected chi connectivity index (χ1v) is 5.81. The third-order valence-corrected chi connectivity index (χ3v) is 2.53. The van der Waals surface area contributed by atoms with Gasteiger partial charge in [-0.25, -0.2) is 14.6 Å². The van der Waals surface area contributed by atoms with Gasteiger partial charge in [-0.05, 0) is 12.1 Å². The van der Waals surface area contributed by atoms with Gasteiger partial charge in [-0.15, -0.1) is 0 Å². The average molecular weight is 283 g/mol. The summed E-state index contributed by atoms with van der Waals surface area (Å²) in [6, 6.07) is 3.28. The number of carbonyl (C=O) groups excluding carboxylic acids is 2. The number of anilines is 1. The van der Waals surface area contributed by atoms with Crippen LogP contribution in [-0.4, -0.2) is 22.7 Å². The summed E-state index contributed by atoms with van der Waals surface area (Å²) in [4.78, 5) is 27.2. The fourth-order valence-corrected chi connectivity index (χ4v) is 1.59. The Morgan fingerprint density at radius 1 is 1.32 bits per heavy atom. The highest BCUT2D eigenvalue weighted by molar-refractivity contribution is 6.32. The van der Waals surface area contributed by atoms with Gasteiger partial charge in [-0.3, -0.25) is 0 Å². The van der Waals surface area contributed by atoms with E-state index in [1.54, 1.807) is 12.1 Å². The minimum Gasteiger partial charge on any atom is -0.419 e. The fraction of sp³-hybridized carbons (Fsp3) is 0.250. The lowest BCUT2D eigenvalue weighted by atomic mass is 10.2. The molecule has 0 bridgehead atoms. The first-order valence-electron chi connectivity index (χ1n) is 5.43. The molecule has 0 saturated carbocycles. The molecule has 0 aliphatic carbocycles. The van der Waals surface area contributed by atoms with E-state index in [9.17, 15) is 9.59 Å². The Balaban J connectivity index is 2.18. The monoisotopic (exact) mass is 282 g/mol. The number of nitrogens with one attached hydrogen (secondary N) is 1. The van der Waals surface area contributed by atoms with Gasteiger partial charge < -0.3 is 14.8 Å². The lowest BCUT2D eigenvalue weighted by Crippen LogP contribution is -2.42. The minimum absolute atomic E-state index is 0.249. The summed E-state index contributed by atoms with van der Waals surface area (Å²) >= 11 is 5.87. The molecule has 2 rings (SSSR count). The van der Waals surface area contributed by atoms with Crippen molar-refractivity contribution < 1.29 is 19.1 Å². The first kappa shape index (κ1) is 13.4. The third kappa shape index (κ3) is 3.03. The molecule has 100 valence electrons.